The van der Waals surface area contributed by atoms with Gasteiger partial charge in [-0.25, -0.2) is 4.52 Å². The Balaban J connectivity index is 2.98. The zero-order valence-corrected chi connectivity index (χ0v) is 7.09. The van der Waals surface area contributed by atoms with Gasteiger partial charge in [0.25, 0.3) is 5.56 Å². The highest BCUT2D eigenvalue weighted by Gasteiger charge is 2.02. The van der Waals surface area contributed by atoms with Crippen molar-refractivity contribution in [1.82, 2.24) is 14.6 Å². The Morgan fingerprint density at radius 2 is 2.42 bits per heavy atom. The maximum Gasteiger partial charge on any atom is 0.275 e. The molecule has 0 aliphatic rings. The van der Waals surface area contributed by atoms with Gasteiger partial charge in [-0.1, -0.05) is 11.6 Å². The minimum atomic E-state index is -0.172. The fraction of sp³-hybridized carbons (Fsp3) is 0.143. The third-order valence-electron chi connectivity index (χ3n) is 1.55. The van der Waals surface area contributed by atoms with Gasteiger partial charge in [0.05, 0.1) is 5.02 Å². The highest BCUT2D eigenvalue weighted by molar-refractivity contribution is 6.31. The summed E-state index contributed by atoms with van der Waals surface area (Å²) < 4.78 is 1.47. The normalized spacial score (nSPS) is 10.8. The van der Waals surface area contributed by atoms with Crippen molar-refractivity contribution in [3.63, 3.8) is 0 Å². The van der Waals surface area contributed by atoms with Crippen molar-refractivity contribution in [1.29, 1.82) is 0 Å². The van der Waals surface area contributed by atoms with Crippen LogP contribution in [0.4, 0.5) is 0 Å². The van der Waals surface area contributed by atoms with E-state index in [1.165, 1.54) is 4.52 Å². The molecule has 0 aliphatic carbocycles. The highest BCUT2D eigenvalue weighted by Crippen LogP contribution is 2.09. The number of hydrogen-bond donors (Lipinski definition) is 1. The summed E-state index contributed by atoms with van der Waals surface area (Å²) in [6.07, 6.45) is 1.60. The van der Waals surface area contributed by atoms with E-state index < -0.39 is 0 Å². The highest BCUT2D eigenvalue weighted by atomic mass is 35.5. The fourth-order valence-corrected chi connectivity index (χ4v) is 1.28. The Kier molecular flexibility index (Phi) is 1.44. The number of aromatic amines is 1. The van der Waals surface area contributed by atoms with Crippen molar-refractivity contribution in [2.45, 2.75) is 6.92 Å². The molecule has 0 spiro atoms. The predicted molar refractivity (Wildman–Crippen MR) is 45.6 cm³/mol. The van der Waals surface area contributed by atoms with Gasteiger partial charge >= 0.3 is 0 Å². The average Bonchev–Trinajstić information content (AvgIpc) is 2.29. The lowest BCUT2D eigenvalue weighted by molar-refractivity contribution is 0.842. The summed E-state index contributed by atoms with van der Waals surface area (Å²) in [5, 5.41) is 4.55. The average molecular weight is 184 g/mol. The molecule has 2 rings (SSSR count). The van der Waals surface area contributed by atoms with E-state index in [2.05, 4.69) is 10.1 Å². The Morgan fingerprint density at radius 1 is 1.67 bits per heavy atom. The zero-order chi connectivity index (χ0) is 8.72. The minimum absolute atomic E-state index is 0.172. The number of hydrogen-bond acceptors (Lipinski definition) is 2. The van der Waals surface area contributed by atoms with Crippen LogP contribution in [0, 0.1) is 6.92 Å². The first-order chi connectivity index (χ1) is 5.66. The molecular weight excluding hydrogens is 178 g/mol. The molecule has 0 aromatic carbocycles. The Morgan fingerprint density at radius 3 is 3.17 bits per heavy atom. The van der Waals surface area contributed by atoms with Crippen LogP contribution in [0.1, 0.15) is 5.82 Å². The second-order valence-corrected chi connectivity index (χ2v) is 2.96. The van der Waals surface area contributed by atoms with Gasteiger partial charge in [0.15, 0.2) is 0 Å². The molecule has 0 radical (unpaired) electrons. The number of nitrogens with zero attached hydrogens (tertiary/aromatic N) is 2. The molecule has 0 aliphatic heterocycles. The van der Waals surface area contributed by atoms with Crippen molar-refractivity contribution in [2.75, 3.05) is 0 Å². The van der Waals surface area contributed by atoms with E-state index in [1.54, 1.807) is 19.2 Å². The SMILES string of the molecule is Cc1nn2cc(Cl)cc2c(=O)[nH]1. The van der Waals surface area contributed by atoms with Crippen molar-refractivity contribution >= 4 is 17.1 Å². The molecular formula is C7H6ClN3O. The molecule has 12 heavy (non-hydrogen) atoms. The van der Waals surface area contributed by atoms with Crippen LogP contribution in [-0.4, -0.2) is 14.6 Å². The maximum atomic E-state index is 11.2. The topological polar surface area (TPSA) is 50.2 Å². The second-order valence-electron chi connectivity index (χ2n) is 2.53. The van der Waals surface area contributed by atoms with Crippen LogP contribution in [0.5, 0.6) is 0 Å². The molecule has 2 aromatic heterocycles. The Hall–Kier alpha value is -1.29. The van der Waals surface area contributed by atoms with Crippen LogP contribution < -0.4 is 5.56 Å². The molecule has 0 amide bonds. The molecule has 4 nitrogen and oxygen atoms in total. The summed E-state index contributed by atoms with van der Waals surface area (Å²) in [7, 11) is 0. The number of aryl methyl sites for hydroxylation is 1. The summed E-state index contributed by atoms with van der Waals surface area (Å²) in [4.78, 5) is 13.8. The molecule has 2 aromatic rings. The summed E-state index contributed by atoms with van der Waals surface area (Å²) in [5.74, 6) is 0.569. The quantitative estimate of drug-likeness (QED) is 0.662. The summed E-state index contributed by atoms with van der Waals surface area (Å²) in [6.45, 7) is 1.72. The molecule has 62 valence electrons. The van der Waals surface area contributed by atoms with E-state index in [0.717, 1.165) is 0 Å². The third kappa shape index (κ3) is 1.00. The fourth-order valence-electron chi connectivity index (χ4n) is 1.09. The van der Waals surface area contributed by atoms with Gasteiger partial charge in [0.1, 0.15) is 11.3 Å². The van der Waals surface area contributed by atoms with E-state index in [1.807, 2.05) is 0 Å². The van der Waals surface area contributed by atoms with Crippen molar-refractivity contribution < 1.29 is 0 Å². The molecule has 0 unspecified atom stereocenters. The molecule has 0 saturated carbocycles. The summed E-state index contributed by atoms with van der Waals surface area (Å²) in [6, 6.07) is 1.58. The van der Waals surface area contributed by atoms with Crippen molar-refractivity contribution in [3.05, 3.63) is 33.5 Å². The lowest BCUT2D eigenvalue weighted by atomic mass is 10.5. The monoisotopic (exact) mass is 183 g/mol. The maximum absolute atomic E-state index is 11.2. The third-order valence-corrected chi connectivity index (χ3v) is 1.76. The van der Waals surface area contributed by atoms with Gasteiger partial charge in [0.2, 0.25) is 0 Å². The number of nitrogens with one attached hydrogen (secondary N) is 1. The van der Waals surface area contributed by atoms with E-state index in [0.29, 0.717) is 16.4 Å². The van der Waals surface area contributed by atoms with Gasteiger partial charge in [-0.05, 0) is 13.0 Å². The number of aromatic nitrogens is 3. The van der Waals surface area contributed by atoms with Gasteiger partial charge in [-0.15, -0.1) is 0 Å². The summed E-state index contributed by atoms with van der Waals surface area (Å²) >= 11 is 5.69. The van der Waals surface area contributed by atoms with Crippen LogP contribution in [0.25, 0.3) is 5.52 Å². The van der Waals surface area contributed by atoms with Crippen LogP contribution in [-0.2, 0) is 0 Å². The number of fused-ring (bicyclic) bond motifs is 1. The van der Waals surface area contributed by atoms with Gasteiger partial charge in [0, 0.05) is 6.20 Å². The molecule has 5 heteroatoms. The van der Waals surface area contributed by atoms with E-state index >= 15 is 0 Å². The van der Waals surface area contributed by atoms with E-state index in [9.17, 15) is 4.79 Å². The van der Waals surface area contributed by atoms with Crippen LogP contribution in [0.15, 0.2) is 17.1 Å². The molecule has 0 saturated heterocycles. The van der Waals surface area contributed by atoms with E-state index in [-0.39, 0.29) is 5.56 Å². The van der Waals surface area contributed by atoms with Crippen molar-refractivity contribution in [3.8, 4) is 0 Å². The second kappa shape index (κ2) is 2.35. The van der Waals surface area contributed by atoms with Crippen LogP contribution >= 0.6 is 11.6 Å². The minimum Gasteiger partial charge on any atom is -0.307 e. The predicted octanol–water partition coefficient (Wildman–Crippen LogP) is 0.984. The smallest absolute Gasteiger partial charge is 0.275 e. The first kappa shape index (κ1) is 7.36. The number of rotatable bonds is 0. The van der Waals surface area contributed by atoms with Gasteiger partial charge in [-0.3, -0.25) is 4.79 Å². The molecule has 2 heterocycles. The zero-order valence-electron chi connectivity index (χ0n) is 6.34. The van der Waals surface area contributed by atoms with Gasteiger partial charge < -0.3 is 4.98 Å². The van der Waals surface area contributed by atoms with E-state index in [4.69, 9.17) is 11.6 Å². The Labute approximate surface area is 72.8 Å². The molecule has 1 N–H and O–H groups in total. The standard InChI is InChI=1S/C7H6ClN3O/c1-4-9-7(12)6-2-5(8)3-11(6)10-4/h2-3H,1H3,(H,9,10,12). The van der Waals surface area contributed by atoms with Crippen LogP contribution in [0.2, 0.25) is 5.02 Å². The largest absolute Gasteiger partial charge is 0.307 e. The molecule has 0 atom stereocenters. The lowest BCUT2D eigenvalue weighted by Crippen LogP contribution is -2.12. The van der Waals surface area contributed by atoms with Crippen LogP contribution in [0.3, 0.4) is 0 Å². The van der Waals surface area contributed by atoms with Gasteiger partial charge in [-0.2, -0.15) is 5.10 Å². The van der Waals surface area contributed by atoms with Crippen molar-refractivity contribution in [2.24, 2.45) is 0 Å². The first-order valence-corrected chi connectivity index (χ1v) is 3.79. The number of H-pyrrole nitrogens is 1. The molecule has 0 fully saturated rings. The summed E-state index contributed by atoms with van der Waals surface area (Å²) in [5.41, 5.74) is 0.292. The lowest BCUT2D eigenvalue weighted by Gasteiger charge is -1.93. The first-order valence-electron chi connectivity index (χ1n) is 3.41. The molecule has 0 bridgehead atoms. The Bertz CT molecular complexity index is 485. The number of halogens is 1.